The first-order valence-corrected chi connectivity index (χ1v) is 9.03. The van der Waals surface area contributed by atoms with Crippen molar-refractivity contribution in [3.8, 4) is 0 Å². The van der Waals surface area contributed by atoms with Gasteiger partial charge in [0.1, 0.15) is 0 Å². The molecule has 2 N–H and O–H groups in total. The number of carboxylic acids is 1. The van der Waals surface area contributed by atoms with Gasteiger partial charge in [0.15, 0.2) is 0 Å². The van der Waals surface area contributed by atoms with E-state index in [1.54, 1.807) is 0 Å². The van der Waals surface area contributed by atoms with Gasteiger partial charge >= 0.3 is 14.8 Å². The van der Waals surface area contributed by atoms with Crippen molar-refractivity contribution in [3.05, 3.63) is 12.2 Å². The van der Waals surface area contributed by atoms with E-state index in [2.05, 4.69) is 5.32 Å². The standard InChI is InChI=1S/C13H25NO6Si/c1-4-18-21(19-5-2,20-6-3)11-7-10-14-12(15)8-9-13(16)17/h8-9H,4-7,10-11H2,1-3H3,(H,14,15)(H,16,17)/b9-8+. The number of hydrogen-bond acceptors (Lipinski definition) is 5. The van der Waals surface area contributed by atoms with E-state index < -0.39 is 20.7 Å². The van der Waals surface area contributed by atoms with E-state index in [-0.39, 0.29) is 0 Å². The zero-order chi connectivity index (χ0) is 16.1. The summed E-state index contributed by atoms with van der Waals surface area (Å²) in [5.41, 5.74) is 0. The maximum Gasteiger partial charge on any atom is 0.500 e. The lowest BCUT2D eigenvalue weighted by Crippen LogP contribution is -2.46. The molecule has 0 aliphatic carbocycles. The Morgan fingerprint density at radius 3 is 2.00 bits per heavy atom. The minimum absolute atomic E-state index is 0.408. The van der Waals surface area contributed by atoms with Crippen LogP contribution in [0.3, 0.4) is 0 Å². The highest BCUT2D eigenvalue weighted by molar-refractivity contribution is 6.60. The van der Waals surface area contributed by atoms with Crippen LogP contribution in [-0.4, -0.2) is 52.2 Å². The highest BCUT2D eigenvalue weighted by Crippen LogP contribution is 2.17. The van der Waals surface area contributed by atoms with Crippen LogP contribution < -0.4 is 5.32 Å². The van der Waals surface area contributed by atoms with E-state index in [0.717, 1.165) is 12.2 Å². The topological polar surface area (TPSA) is 94.1 Å². The number of amides is 1. The molecule has 0 saturated heterocycles. The van der Waals surface area contributed by atoms with Gasteiger partial charge < -0.3 is 23.7 Å². The molecular weight excluding hydrogens is 294 g/mol. The Morgan fingerprint density at radius 2 is 1.57 bits per heavy atom. The van der Waals surface area contributed by atoms with Crippen LogP contribution in [0.2, 0.25) is 6.04 Å². The molecule has 8 heteroatoms. The van der Waals surface area contributed by atoms with Crippen LogP contribution in [0.25, 0.3) is 0 Å². The molecule has 0 saturated carbocycles. The first-order chi connectivity index (χ1) is 9.99. The fraction of sp³-hybridized carbons (Fsp3) is 0.692. The summed E-state index contributed by atoms with van der Waals surface area (Å²) in [5.74, 6) is -1.59. The largest absolute Gasteiger partial charge is 0.500 e. The zero-order valence-electron chi connectivity index (χ0n) is 12.9. The van der Waals surface area contributed by atoms with Crippen LogP contribution in [0.15, 0.2) is 12.2 Å². The predicted molar refractivity (Wildman–Crippen MR) is 79.8 cm³/mol. The van der Waals surface area contributed by atoms with Crippen molar-refractivity contribution in [1.29, 1.82) is 0 Å². The van der Waals surface area contributed by atoms with Crippen molar-refractivity contribution in [3.63, 3.8) is 0 Å². The number of carbonyl (C=O) groups excluding carboxylic acids is 1. The van der Waals surface area contributed by atoms with E-state index in [1.807, 2.05) is 20.8 Å². The Hall–Kier alpha value is -1.22. The Balaban J connectivity index is 4.23. The zero-order valence-corrected chi connectivity index (χ0v) is 13.9. The Kier molecular flexibility index (Phi) is 10.8. The third-order valence-electron chi connectivity index (χ3n) is 2.43. The Morgan fingerprint density at radius 1 is 1.05 bits per heavy atom. The quantitative estimate of drug-likeness (QED) is 0.319. The molecule has 1 amide bonds. The van der Waals surface area contributed by atoms with E-state index >= 15 is 0 Å². The molecule has 0 fully saturated rings. The van der Waals surface area contributed by atoms with Crippen LogP contribution in [0.1, 0.15) is 27.2 Å². The van der Waals surface area contributed by atoms with Gasteiger partial charge in [-0.1, -0.05) is 0 Å². The molecule has 0 aliphatic rings. The van der Waals surface area contributed by atoms with Crippen molar-refractivity contribution in [2.24, 2.45) is 0 Å². The molecule has 0 aliphatic heterocycles. The number of carboxylic acid groups (broad SMARTS) is 1. The van der Waals surface area contributed by atoms with Crippen LogP contribution >= 0.6 is 0 Å². The van der Waals surface area contributed by atoms with Gasteiger partial charge in [0.05, 0.1) is 0 Å². The average Bonchev–Trinajstić information content (AvgIpc) is 2.42. The molecule has 0 aromatic rings. The summed E-state index contributed by atoms with van der Waals surface area (Å²) < 4.78 is 17.1. The second-order valence-corrected chi connectivity index (χ2v) is 6.78. The van der Waals surface area contributed by atoms with Crippen molar-refractivity contribution < 1.29 is 28.0 Å². The van der Waals surface area contributed by atoms with Gasteiger partial charge in [-0.2, -0.15) is 0 Å². The fourth-order valence-corrected chi connectivity index (χ4v) is 4.34. The predicted octanol–water partition coefficient (Wildman–Crippen LogP) is 1.18. The maximum atomic E-state index is 11.3. The van der Waals surface area contributed by atoms with Gasteiger partial charge in [-0.3, -0.25) is 4.79 Å². The minimum atomic E-state index is -2.67. The molecule has 0 heterocycles. The molecule has 0 aromatic heterocycles. The summed E-state index contributed by atoms with van der Waals surface area (Å²) in [7, 11) is -2.67. The summed E-state index contributed by atoms with van der Waals surface area (Å²) in [6.07, 6.45) is 2.43. The van der Waals surface area contributed by atoms with Crippen molar-refractivity contribution >= 4 is 20.7 Å². The summed E-state index contributed by atoms with van der Waals surface area (Å²) in [6.45, 7) is 7.61. The highest BCUT2D eigenvalue weighted by Gasteiger charge is 2.39. The Bertz CT molecular complexity index is 331. The summed E-state index contributed by atoms with van der Waals surface area (Å²) in [5, 5.41) is 11.0. The summed E-state index contributed by atoms with van der Waals surface area (Å²) in [6, 6.07) is 0.603. The van der Waals surface area contributed by atoms with Gasteiger partial charge in [-0.25, -0.2) is 4.79 Å². The monoisotopic (exact) mass is 319 g/mol. The molecule has 0 radical (unpaired) electrons. The number of hydrogen-bond donors (Lipinski definition) is 2. The molecule has 0 aromatic carbocycles. The highest BCUT2D eigenvalue weighted by atomic mass is 28.4. The van der Waals surface area contributed by atoms with Gasteiger partial charge in [0.25, 0.3) is 0 Å². The number of aliphatic carboxylic acids is 1. The van der Waals surface area contributed by atoms with Gasteiger partial charge in [-0.15, -0.1) is 0 Å². The van der Waals surface area contributed by atoms with Crippen molar-refractivity contribution in [2.75, 3.05) is 26.4 Å². The fourth-order valence-electron chi connectivity index (χ4n) is 1.72. The lowest BCUT2D eigenvalue weighted by Gasteiger charge is -2.28. The number of carbonyl (C=O) groups is 2. The third-order valence-corrected chi connectivity index (χ3v) is 5.58. The second-order valence-electron chi connectivity index (χ2n) is 4.05. The van der Waals surface area contributed by atoms with E-state index in [0.29, 0.717) is 38.8 Å². The molecule has 0 unspecified atom stereocenters. The minimum Gasteiger partial charge on any atom is -0.478 e. The normalized spacial score (nSPS) is 11.8. The molecule has 7 nitrogen and oxygen atoms in total. The first kappa shape index (κ1) is 19.8. The first-order valence-electron chi connectivity index (χ1n) is 7.10. The number of rotatable bonds is 12. The molecular formula is C13H25NO6Si. The summed E-state index contributed by atoms with van der Waals surface area (Å²) in [4.78, 5) is 21.6. The van der Waals surface area contributed by atoms with Crippen LogP contribution in [0, 0.1) is 0 Å². The van der Waals surface area contributed by atoms with Crippen LogP contribution in [0.5, 0.6) is 0 Å². The molecule has 0 spiro atoms. The Labute approximate surface area is 126 Å². The van der Waals surface area contributed by atoms with E-state index in [1.165, 1.54) is 0 Å². The van der Waals surface area contributed by atoms with Crippen molar-refractivity contribution in [2.45, 2.75) is 33.2 Å². The third kappa shape index (κ3) is 9.35. The van der Waals surface area contributed by atoms with E-state index in [9.17, 15) is 9.59 Å². The van der Waals surface area contributed by atoms with Gasteiger partial charge in [0.2, 0.25) is 5.91 Å². The van der Waals surface area contributed by atoms with Crippen LogP contribution in [-0.2, 0) is 22.9 Å². The van der Waals surface area contributed by atoms with Crippen molar-refractivity contribution in [1.82, 2.24) is 5.32 Å². The molecule has 0 atom stereocenters. The number of nitrogens with one attached hydrogen (secondary N) is 1. The van der Waals surface area contributed by atoms with Gasteiger partial charge in [-0.05, 0) is 27.2 Å². The second kappa shape index (κ2) is 11.4. The lowest BCUT2D eigenvalue weighted by atomic mass is 10.4. The smallest absolute Gasteiger partial charge is 0.478 e. The van der Waals surface area contributed by atoms with Gasteiger partial charge in [0, 0.05) is 44.6 Å². The molecule has 21 heavy (non-hydrogen) atoms. The maximum absolute atomic E-state index is 11.3. The van der Waals surface area contributed by atoms with Crippen LogP contribution in [0.4, 0.5) is 0 Å². The summed E-state index contributed by atoms with van der Waals surface area (Å²) >= 11 is 0. The molecule has 122 valence electrons. The SMILES string of the molecule is CCO[Si](CCCNC(=O)/C=C/C(=O)O)(OCC)OCC. The lowest BCUT2D eigenvalue weighted by molar-refractivity contribution is -0.131. The van der Waals surface area contributed by atoms with E-state index in [4.69, 9.17) is 18.4 Å². The molecule has 0 bridgehead atoms. The molecule has 0 rings (SSSR count). The average molecular weight is 319 g/mol.